The highest BCUT2D eigenvalue weighted by atomic mass is 35.5. The molecule has 2 N–H and O–H groups in total. The van der Waals surface area contributed by atoms with Gasteiger partial charge in [-0.2, -0.15) is 0 Å². The van der Waals surface area contributed by atoms with E-state index in [1.54, 1.807) is 18.3 Å². The number of fused-ring (bicyclic) bond motifs is 1. The van der Waals surface area contributed by atoms with Crippen LogP contribution in [0.4, 0.5) is 11.6 Å². The van der Waals surface area contributed by atoms with Gasteiger partial charge in [0.2, 0.25) is 11.4 Å². The highest BCUT2D eigenvalue weighted by Gasteiger charge is 2.26. The zero-order valence-electron chi connectivity index (χ0n) is 17.0. The van der Waals surface area contributed by atoms with Gasteiger partial charge in [-0.1, -0.05) is 29.8 Å². The summed E-state index contributed by atoms with van der Waals surface area (Å²) >= 11 is 6.26. The Balaban J connectivity index is 1.48. The molecular weight excluding hydrogens is 428 g/mol. The van der Waals surface area contributed by atoms with E-state index in [9.17, 15) is 14.7 Å². The maximum atomic E-state index is 12.6. The van der Waals surface area contributed by atoms with Gasteiger partial charge in [0.25, 0.3) is 0 Å². The third-order valence-corrected chi connectivity index (χ3v) is 5.87. The lowest BCUT2D eigenvalue weighted by Gasteiger charge is -2.13. The second kappa shape index (κ2) is 8.09. The minimum atomic E-state index is -1.21. The molecule has 0 radical (unpaired) electrons. The smallest absolute Gasteiger partial charge is 0.341 e. The monoisotopic (exact) mass is 446 g/mol. The summed E-state index contributed by atoms with van der Waals surface area (Å²) in [6, 6.07) is 14.9. The van der Waals surface area contributed by atoms with Crippen LogP contribution in [0.15, 0.2) is 65.7 Å². The first kappa shape index (κ1) is 20.2. The number of rotatable bonds is 6. The third-order valence-electron chi connectivity index (χ3n) is 5.50. The van der Waals surface area contributed by atoms with Crippen LogP contribution >= 0.6 is 11.6 Å². The lowest BCUT2D eigenvalue weighted by atomic mass is 10.1. The predicted octanol–water partition coefficient (Wildman–Crippen LogP) is 4.81. The van der Waals surface area contributed by atoms with E-state index in [2.05, 4.69) is 15.3 Å². The molecule has 2 heterocycles. The molecule has 0 atom stereocenters. The first-order valence-corrected chi connectivity index (χ1v) is 10.6. The van der Waals surface area contributed by atoms with Crippen LogP contribution in [0.1, 0.15) is 40.5 Å². The molecule has 8 heteroatoms. The van der Waals surface area contributed by atoms with E-state index in [4.69, 9.17) is 11.6 Å². The van der Waals surface area contributed by atoms with Gasteiger partial charge in [-0.25, -0.2) is 14.8 Å². The number of halogens is 1. The van der Waals surface area contributed by atoms with Gasteiger partial charge in [-0.15, -0.1) is 0 Å². The van der Waals surface area contributed by atoms with Crippen molar-refractivity contribution in [2.24, 2.45) is 0 Å². The van der Waals surface area contributed by atoms with E-state index >= 15 is 0 Å². The van der Waals surface area contributed by atoms with Crippen molar-refractivity contribution in [1.82, 2.24) is 14.5 Å². The summed E-state index contributed by atoms with van der Waals surface area (Å²) in [6.45, 7) is 0. The molecule has 5 rings (SSSR count). The summed E-state index contributed by atoms with van der Waals surface area (Å²) < 4.78 is 1.89. The van der Waals surface area contributed by atoms with Crippen LogP contribution in [0, 0.1) is 0 Å². The summed E-state index contributed by atoms with van der Waals surface area (Å²) in [7, 11) is 0. The molecule has 1 aliphatic carbocycles. The molecule has 2 aromatic carbocycles. The lowest BCUT2D eigenvalue weighted by molar-refractivity contribution is 0.0695. The zero-order valence-corrected chi connectivity index (χ0v) is 17.7. The Labute approximate surface area is 188 Å². The van der Waals surface area contributed by atoms with Crippen molar-refractivity contribution in [1.29, 1.82) is 0 Å². The lowest BCUT2D eigenvalue weighted by Crippen LogP contribution is -2.18. The van der Waals surface area contributed by atoms with Gasteiger partial charge in [-0.05, 0) is 48.7 Å². The molecule has 32 heavy (non-hydrogen) atoms. The van der Waals surface area contributed by atoms with Crippen molar-refractivity contribution < 1.29 is 9.90 Å². The van der Waals surface area contributed by atoms with Gasteiger partial charge in [0, 0.05) is 41.0 Å². The van der Waals surface area contributed by atoms with E-state index in [1.165, 1.54) is 6.20 Å². The topological polar surface area (TPSA) is 97.1 Å². The van der Waals surface area contributed by atoms with Gasteiger partial charge in [0.15, 0.2) is 0 Å². The molecule has 1 fully saturated rings. The molecular formula is C24H19ClN4O3. The van der Waals surface area contributed by atoms with Crippen LogP contribution in [0.3, 0.4) is 0 Å². The Morgan fingerprint density at radius 1 is 1.19 bits per heavy atom. The van der Waals surface area contributed by atoms with E-state index in [-0.39, 0.29) is 11.6 Å². The molecule has 2 aromatic heterocycles. The zero-order chi connectivity index (χ0) is 22.2. The average molecular weight is 447 g/mol. The maximum absolute atomic E-state index is 12.6. The molecule has 1 saturated carbocycles. The number of hydrogen-bond acceptors (Lipinski definition) is 5. The number of pyridine rings is 1. The summed E-state index contributed by atoms with van der Waals surface area (Å²) in [5, 5.41) is 13.7. The molecule has 0 bridgehead atoms. The van der Waals surface area contributed by atoms with Crippen LogP contribution < -0.4 is 10.7 Å². The van der Waals surface area contributed by atoms with Gasteiger partial charge < -0.3 is 15.0 Å². The molecule has 0 saturated heterocycles. The van der Waals surface area contributed by atoms with E-state index in [1.807, 2.05) is 41.0 Å². The number of carboxylic acids is 1. The summed E-state index contributed by atoms with van der Waals surface area (Å²) in [6.07, 6.45) is 5.63. The van der Waals surface area contributed by atoms with Crippen LogP contribution in [0.2, 0.25) is 5.02 Å². The van der Waals surface area contributed by atoms with E-state index < -0.39 is 11.4 Å². The van der Waals surface area contributed by atoms with Crippen LogP contribution in [0.25, 0.3) is 10.9 Å². The van der Waals surface area contributed by atoms with Crippen molar-refractivity contribution in [2.75, 3.05) is 5.32 Å². The van der Waals surface area contributed by atoms with Crippen LogP contribution in [0.5, 0.6) is 0 Å². The van der Waals surface area contributed by atoms with Crippen molar-refractivity contribution in [2.45, 2.75) is 25.3 Å². The molecule has 0 aliphatic heterocycles. The van der Waals surface area contributed by atoms with Gasteiger partial charge >= 0.3 is 5.97 Å². The SMILES string of the molecule is O=C(O)c1cn(C2CC2)c2cc(Nc3nccc(Cc4ccccc4Cl)n3)ccc2c1=O. The summed E-state index contributed by atoms with van der Waals surface area (Å²) in [5.41, 5.74) is 2.52. The molecule has 0 amide bonds. The first-order chi connectivity index (χ1) is 15.5. The highest BCUT2D eigenvalue weighted by Crippen LogP contribution is 2.37. The van der Waals surface area contributed by atoms with Gasteiger partial charge in [0.1, 0.15) is 5.56 Å². The fourth-order valence-electron chi connectivity index (χ4n) is 3.76. The molecule has 0 unspecified atom stereocenters. The molecule has 0 spiro atoms. The molecule has 160 valence electrons. The average Bonchev–Trinajstić information content (AvgIpc) is 3.61. The number of carboxylic acid groups (broad SMARTS) is 1. The number of benzene rings is 2. The van der Waals surface area contributed by atoms with Gasteiger partial charge in [-0.3, -0.25) is 4.79 Å². The highest BCUT2D eigenvalue weighted by molar-refractivity contribution is 6.31. The first-order valence-electron chi connectivity index (χ1n) is 10.2. The number of nitrogens with one attached hydrogen (secondary N) is 1. The third kappa shape index (κ3) is 3.94. The number of nitrogens with zero attached hydrogens (tertiary/aromatic N) is 3. The number of hydrogen-bond donors (Lipinski definition) is 2. The minimum absolute atomic E-state index is 0.208. The summed E-state index contributed by atoms with van der Waals surface area (Å²) in [4.78, 5) is 33.0. The van der Waals surface area contributed by atoms with Crippen molar-refractivity contribution in [3.05, 3.63) is 93.0 Å². The van der Waals surface area contributed by atoms with Crippen molar-refractivity contribution in [3.8, 4) is 0 Å². The number of aromatic nitrogens is 3. The Hall–Kier alpha value is -3.71. The second-order valence-electron chi connectivity index (χ2n) is 7.81. The second-order valence-corrected chi connectivity index (χ2v) is 8.22. The normalized spacial score (nSPS) is 13.3. The molecule has 1 aliphatic rings. The van der Waals surface area contributed by atoms with E-state index in [0.717, 1.165) is 24.1 Å². The van der Waals surface area contributed by atoms with Crippen LogP contribution in [-0.4, -0.2) is 25.6 Å². The Bertz CT molecular complexity index is 1410. The Morgan fingerprint density at radius 3 is 2.75 bits per heavy atom. The minimum Gasteiger partial charge on any atom is -0.477 e. The van der Waals surface area contributed by atoms with Crippen molar-refractivity contribution in [3.63, 3.8) is 0 Å². The fraction of sp³-hybridized carbons (Fsp3) is 0.167. The maximum Gasteiger partial charge on any atom is 0.341 e. The number of anilines is 2. The Kier molecular flexibility index (Phi) is 5.11. The fourth-order valence-corrected chi connectivity index (χ4v) is 3.96. The van der Waals surface area contributed by atoms with Crippen LogP contribution in [-0.2, 0) is 6.42 Å². The standard InChI is InChI=1S/C24H19ClN4O3/c25-20-4-2-1-3-14(20)11-16-9-10-26-24(28-16)27-15-5-8-18-21(12-15)29(17-6-7-17)13-19(22(18)30)23(31)32/h1-5,8-10,12-13,17H,6-7,11H2,(H,31,32)(H,26,27,28). The van der Waals surface area contributed by atoms with E-state index in [0.29, 0.717) is 34.0 Å². The van der Waals surface area contributed by atoms with Gasteiger partial charge in [0.05, 0.1) is 11.2 Å². The largest absolute Gasteiger partial charge is 0.477 e. The van der Waals surface area contributed by atoms with Crippen molar-refractivity contribution >= 4 is 40.1 Å². The molecule has 7 nitrogen and oxygen atoms in total. The predicted molar refractivity (Wildman–Crippen MR) is 123 cm³/mol. The molecule has 4 aromatic rings. The quantitative estimate of drug-likeness (QED) is 0.441. The summed E-state index contributed by atoms with van der Waals surface area (Å²) in [5.74, 6) is -0.784. The Morgan fingerprint density at radius 2 is 2.00 bits per heavy atom. The number of carbonyl (C=O) groups is 1. The number of aromatic carboxylic acids is 1.